The molecular weight excluding hydrogens is 233 g/mol. The Balaban J connectivity index is 2.43. The van der Waals surface area contributed by atoms with Gasteiger partial charge in [-0.3, -0.25) is 4.79 Å². The summed E-state index contributed by atoms with van der Waals surface area (Å²) >= 11 is 0. The number of aryl methyl sites for hydroxylation is 1. The van der Waals surface area contributed by atoms with E-state index >= 15 is 0 Å². The number of halogens is 1. The van der Waals surface area contributed by atoms with Crippen molar-refractivity contribution in [1.82, 2.24) is 0 Å². The van der Waals surface area contributed by atoms with E-state index < -0.39 is 17.5 Å². The second-order valence-corrected chi connectivity index (χ2v) is 3.88. The lowest BCUT2D eigenvalue weighted by molar-refractivity contribution is 0.0949. The first-order valence-corrected chi connectivity index (χ1v) is 5.37. The second kappa shape index (κ2) is 4.84. The van der Waals surface area contributed by atoms with Gasteiger partial charge in [-0.15, -0.1) is 0 Å². The monoisotopic (exact) mass is 243 g/mol. The third-order valence-electron chi connectivity index (χ3n) is 2.69. The van der Waals surface area contributed by atoms with E-state index in [1.165, 1.54) is 24.5 Å². The van der Waals surface area contributed by atoms with Gasteiger partial charge in [0, 0.05) is 5.56 Å². The summed E-state index contributed by atoms with van der Waals surface area (Å²) in [6.45, 7) is 1.70. The fourth-order valence-electron chi connectivity index (χ4n) is 1.73. The van der Waals surface area contributed by atoms with Gasteiger partial charge in [0.25, 0.3) is 0 Å². The molecule has 2 rings (SSSR count). The summed E-state index contributed by atoms with van der Waals surface area (Å²) in [7, 11) is 0. The molecule has 0 fully saturated rings. The maximum absolute atomic E-state index is 13.6. The average molecular weight is 243 g/mol. The fraction of sp³-hybridized carbons (Fsp3) is 0.143. The van der Waals surface area contributed by atoms with Crippen LogP contribution in [0.2, 0.25) is 0 Å². The minimum absolute atomic E-state index is 0.0702. The highest BCUT2D eigenvalue weighted by molar-refractivity contribution is 6.01. The highest BCUT2D eigenvalue weighted by Gasteiger charge is 2.27. The number of furan rings is 1. The van der Waals surface area contributed by atoms with Gasteiger partial charge in [-0.2, -0.15) is 5.26 Å². The Kier molecular flexibility index (Phi) is 3.24. The van der Waals surface area contributed by atoms with E-state index in [-0.39, 0.29) is 11.3 Å². The number of benzene rings is 1. The molecule has 18 heavy (non-hydrogen) atoms. The van der Waals surface area contributed by atoms with Crippen LogP contribution in [0, 0.1) is 24.1 Å². The van der Waals surface area contributed by atoms with Crippen molar-refractivity contribution in [2.75, 3.05) is 0 Å². The first-order valence-electron chi connectivity index (χ1n) is 5.37. The number of nitrogens with zero attached hydrogens (tertiary/aromatic N) is 1. The van der Waals surface area contributed by atoms with E-state index in [1.54, 1.807) is 19.1 Å². The van der Waals surface area contributed by atoms with Crippen molar-refractivity contribution in [2.45, 2.75) is 12.8 Å². The summed E-state index contributed by atoms with van der Waals surface area (Å²) in [6.07, 6.45) is 1.37. The number of carbonyl (C=O) groups is 1. The third-order valence-corrected chi connectivity index (χ3v) is 2.69. The molecule has 0 saturated carbocycles. The highest BCUT2D eigenvalue weighted by atomic mass is 19.1. The molecule has 0 aliphatic rings. The van der Waals surface area contributed by atoms with E-state index in [9.17, 15) is 9.18 Å². The number of nitriles is 1. The quantitative estimate of drug-likeness (QED) is 0.778. The molecular formula is C14H10FNO2. The van der Waals surface area contributed by atoms with Crippen LogP contribution in [0.25, 0.3) is 0 Å². The molecule has 0 radical (unpaired) electrons. The molecule has 0 N–H and O–H groups in total. The van der Waals surface area contributed by atoms with Crippen molar-refractivity contribution in [3.8, 4) is 6.07 Å². The summed E-state index contributed by atoms with van der Waals surface area (Å²) in [5.41, 5.74) is 0.706. The van der Waals surface area contributed by atoms with Crippen LogP contribution in [0.5, 0.6) is 0 Å². The summed E-state index contributed by atoms with van der Waals surface area (Å²) in [4.78, 5) is 12.1. The number of hydrogen-bond acceptors (Lipinski definition) is 3. The molecule has 2 aromatic rings. The van der Waals surface area contributed by atoms with Crippen LogP contribution < -0.4 is 0 Å². The fourth-order valence-corrected chi connectivity index (χ4v) is 1.73. The van der Waals surface area contributed by atoms with E-state index in [2.05, 4.69) is 0 Å². The maximum Gasteiger partial charge on any atom is 0.219 e. The first kappa shape index (κ1) is 12.1. The standard InChI is InChI=1S/C14H10FNO2/c1-9-6-7-18-14(9)13(17)11(8-16)10-4-2-3-5-12(10)15/h2-7,11H,1H3. The van der Waals surface area contributed by atoms with Crippen molar-refractivity contribution < 1.29 is 13.6 Å². The Morgan fingerprint density at radius 3 is 2.67 bits per heavy atom. The van der Waals surface area contributed by atoms with Gasteiger partial charge in [0.2, 0.25) is 5.78 Å². The molecule has 0 aliphatic carbocycles. The normalized spacial score (nSPS) is 11.8. The van der Waals surface area contributed by atoms with Gasteiger partial charge in [-0.1, -0.05) is 18.2 Å². The number of ketones is 1. The average Bonchev–Trinajstić information content (AvgIpc) is 2.78. The second-order valence-electron chi connectivity index (χ2n) is 3.88. The molecule has 1 aromatic heterocycles. The molecule has 0 spiro atoms. The summed E-state index contributed by atoms with van der Waals surface area (Å²) in [6, 6.07) is 9.21. The molecule has 1 heterocycles. The number of Topliss-reactive ketones (excluding diaryl/α,β-unsaturated/α-hetero) is 1. The molecule has 0 aliphatic heterocycles. The van der Waals surface area contributed by atoms with Crippen molar-refractivity contribution in [3.05, 3.63) is 59.3 Å². The van der Waals surface area contributed by atoms with Crippen molar-refractivity contribution in [2.24, 2.45) is 0 Å². The number of carbonyl (C=O) groups excluding carboxylic acids is 1. The number of rotatable bonds is 3. The van der Waals surface area contributed by atoms with Gasteiger partial charge >= 0.3 is 0 Å². The minimum atomic E-state index is -1.18. The zero-order valence-corrected chi connectivity index (χ0v) is 9.68. The molecule has 4 heteroatoms. The van der Waals surface area contributed by atoms with E-state index in [0.29, 0.717) is 5.56 Å². The van der Waals surface area contributed by atoms with Crippen molar-refractivity contribution >= 4 is 5.78 Å². The molecule has 1 atom stereocenters. The summed E-state index contributed by atoms with van der Waals surface area (Å²) < 4.78 is 18.6. The van der Waals surface area contributed by atoms with Crippen LogP contribution in [0.4, 0.5) is 4.39 Å². The third kappa shape index (κ3) is 2.03. The lowest BCUT2D eigenvalue weighted by Crippen LogP contribution is -2.13. The predicted octanol–water partition coefficient (Wildman–Crippen LogP) is 3.22. The number of hydrogen-bond donors (Lipinski definition) is 0. The van der Waals surface area contributed by atoms with Crippen LogP contribution in [0.1, 0.15) is 27.6 Å². The predicted molar refractivity (Wildman–Crippen MR) is 62.5 cm³/mol. The van der Waals surface area contributed by atoms with E-state index in [1.807, 2.05) is 6.07 Å². The van der Waals surface area contributed by atoms with Gasteiger partial charge in [-0.25, -0.2) is 4.39 Å². The van der Waals surface area contributed by atoms with E-state index in [4.69, 9.17) is 9.68 Å². The topological polar surface area (TPSA) is 54.0 Å². The highest BCUT2D eigenvalue weighted by Crippen LogP contribution is 2.24. The molecule has 0 bridgehead atoms. The van der Waals surface area contributed by atoms with Crippen LogP contribution in [-0.4, -0.2) is 5.78 Å². The molecule has 3 nitrogen and oxygen atoms in total. The lowest BCUT2D eigenvalue weighted by atomic mass is 9.93. The van der Waals surface area contributed by atoms with Crippen LogP contribution >= 0.6 is 0 Å². The Hall–Kier alpha value is -2.41. The first-order chi connectivity index (χ1) is 8.65. The van der Waals surface area contributed by atoms with Gasteiger partial charge in [0.1, 0.15) is 11.7 Å². The Bertz CT molecular complexity index is 625. The largest absolute Gasteiger partial charge is 0.461 e. The molecule has 1 aromatic carbocycles. The van der Waals surface area contributed by atoms with Crippen molar-refractivity contribution in [1.29, 1.82) is 5.26 Å². The van der Waals surface area contributed by atoms with Crippen LogP contribution in [-0.2, 0) is 0 Å². The van der Waals surface area contributed by atoms with Crippen molar-refractivity contribution in [3.63, 3.8) is 0 Å². The Labute approximate surface area is 103 Å². The Morgan fingerprint density at radius 1 is 1.39 bits per heavy atom. The van der Waals surface area contributed by atoms with Crippen LogP contribution in [0.15, 0.2) is 41.0 Å². The SMILES string of the molecule is Cc1ccoc1C(=O)C(C#N)c1ccccc1F. The molecule has 0 amide bonds. The molecule has 1 unspecified atom stereocenters. The maximum atomic E-state index is 13.6. The van der Waals surface area contributed by atoms with E-state index in [0.717, 1.165) is 0 Å². The zero-order valence-electron chi connectivity index (χ0n) is 9.68. The van der Waals surface area contributed by atoms with Crippen LogP contribution in [0.3, 0.4) is 0 Å². The summed E-state index contributed by atoms with van der Waals surface area (Å²) in [5, 5.41) is 9.08. The van der Waals surface area contributed by atoms with Gasteiger partial charge in [0.05, 0.1) is 12.3 Å². The van der Waals surface area contributed by atoms with Gasteiger partial charge in [-0.05, 0) is 24.6 Å². The molecule has 90 valence electrons. The molecule has 0 saturated heterocycles. The zero-order chi connectivity index (χ0) is 13.1. The smallest absolute Gasteiger partial charge is 0.219 e. The minimum Gasteiger partial charge on any atom is -0.461 e. The van der Waals surface area contributed by atoms with Gasteiger partial charge in [0.15, 0.2) is 5.76 Å². The summed E-state index contributed by atoms with van der Waals surface area (Å²) in [5.74, 6) is -2.17. The lowest BCUT2D eigenvalue weighted by Gasteiger charge is -2.08. The Morgan fingerprint density at radius 2 is 2.11 bits per heavy atom. The van der Waals surface area contributed by atoms with Gasteiger partial charge < -0.3 is 4.42 Å².